The minimum Gasteiger partial charge on any atom is -0.311 e. The highest BCUT2D eigenvalue weighted by Crippen LogP contribution is 2.38. The summed E-state index contributed by atoms with van der Waals surface area (Å²) in [5.41, 5.74) is 0.206. The summed E-state index contributed by atoms with van der Waals surface area (Å²) in [6.07, 6.45) is 5.38. The maximum atomic E-state index is 12.4. The van der Waals surface area contributed by atoms with Crippen LogP contribution in [-0.4, -0.2) is 26.5 Å². The SMILES string of the molecule is O=S(=O)(NC1CCNC2(CCC2)C1)c1ccc(I)cc1. The molecule has 1 aliphatic heterocycles. The standard InChI is InChI=1S/C14H19IN2O2S/c15-11-2-4-13(5-3-11)20(18,19)17-12-6-9-16-14(10-12)7-1-8-14/h2-5,12,16-17H,1,6-10H2. The molecule has 2 N–H and O–H groups in total. The Balaban J connectivity index is 1.71. The average Bonchev–Trinajstić information content (AvgIpc) is 2.37. The van der Waals surface area contributed by atoms with Gasteiger partial charge in [-0.3, -0.25) is 0 Å². The highest BCUT2D eigenvalue weighted by atomic mass is 127. The summed E-state index contributed by atoms with van der Waals surface area (Å²) in [5.74, 6) is 0. The van der Waals surface area contributed by atoms with Gasteiger partial charge in [-0.2, -0.15) is 0 Å². The van der Waals surface area contributed by atoms with Crippen molar-refractivity contribution in [2.45, 2.75) is 48.6 Å². The van der Waals surface area contributed by atoms with Gasteiger partial charge in [-0.1, -0.05) is 0 Å². The van der Waals surface area contributed by atoms with Crippen LogP contribution in [0.15, 0.2) is 29.2 Å². The van der Waals surface area contributed by atoms with Gasteiger partial charge in [0.05, 0.1) is 4.90 Å². The van der Waals surface area contributed by atoms with Gasteiger partial charge in [-0.05, 0) is 85.5 Å². The second kappa shape index (κ2) is 5.55. The molecule has 3 rings (SSSR count). The summed E-state index contributed by atoms with van der Waals surface area (Å²) in [5, 5.41) is 3.56. The molecule has 0 bridgehead atoms. The third-order valence-corrected chi connectivity index (χ3v) is 6.64. The Bertz CT molecular complexity index is 582. The fraction of sp³-hybridized carbons (Fsp3) is 0.571. The van der Waals surface area contributed by atoms with Crippen molar-refractivity contribution in [2.24, 2.45) is 0 Å². The van der Waals surface area contributed by atoms with Crippen molar-refractivity contribution in [1.82, 2.24) is 10.0 Å². The summed E-state index contributed by atoms with van der Waals surface area (Å²) in [6, 6.07) is 7.05. The molecule has 0 aromatic heterocycles. The molecular weight excluding hydrogens is 387 g/mol. The molecule has 4 nitrogen and oxygen atoms in total. The summed E-state index contributed by atoms with van der Waals surface area (Å²) in [4.78, 5) is 0.360. The topological polar surface area (TPSA) is 58.2 Å². The van der Waals surface area contributed by atoms with Crippen LogP contribution in [0.25, 0.3) is 0 Å². The lowest BCUT2D eigenvalue weighted by atomic mass is 9.70. The van der Waals surface area contributed by atoms with Gasteiger partial charge in [0.15, 0.2) is 0 Å². The minimum absolute atomic E-state index is 0.0563. The lowest BCUT2D eigenvalue weighted by Crippen LogP contribution is -2.59. The van der Waals surface area contributed by atoms with Gasteiger partial charge in [0.1, 0.15) is 0 Å². The number of benzene rings is 1. The molecular formula is C14H19IN2O2S. The largest absolute Gasteiger partial charge is 0.311 e. The van der Waals surface area contributed by atoms with Crippen molar-refractivity contribution in [3.05, 3.63) is 27.8 Å². The molecule has 1 aromatic carbocycles. The summed E-state index contributed by atoms with van der Waals surface area (Å²) >= 11 is 2.17. The molecule has 1 saturated carbocycles. The average molecular weight is 406 g/mol. The Labute approximate surface area is 133 Å². The van der Waals surface area contributed by atoms with Crippen LogP contribution >= 0.6 is 22.6 Å². The van der Waals surface area contributed by atoms with Crippen molar-refractivity contribution in [3.63, 3.8) is 0 Å². The third-order valence-electron chi connectivity index (χ3n) is 4.39. The number of hydrogen-bond acceptors (Lipinski definition) is 3. The Morgan fingerprint density at radius 2 is 1.95 bits per heavy atom. The highest BCUT2D eigenvalue weighted by molar-refractivity contribution is 14.1. The summed E-state index contributed by atoms with van der Waals surface area (Å²) < 4.78 is 28.7. The lowest BCUT2D eigenvalue weighted by molar-refractivity contribution is 0.126. The molecule has 1 aliphatic carbocycles. The van der Waals surface area contributed by atoms with Gasteiger partial charge in [-0.25, -0.2) is 13.1 Å². The second-order valence-corrected chi connectivity index (χ2v) is 8.79. The molecule has 20 heavy (non-hydrogen) atoms. The van der Waals surface area contributed by atoms with E-state index < -0.39 is 10.0 Å². The van der Waals surface area contributed by atoms with Crippen LogP contribution in [0.3, 0.4) is 0 Å². The fourth-order valence-electron chi connectivity index (χ4n) is 3.14. The molecule has 2 fully saturated rings. The third kappa shape index (κ3) is 3.03. The molecule has 6 heteroatoms. The van der Waals surface area contributed by atoms with E-state index in [1.165, 1.54) is 19.3 Å². The van der Waals surface area contributed by atoms with Crippen molar-refractivity contribution in [3.8, 4) is 0 Å². The number of nitrogens with one attached hydrogen (secondary N) is 2. The number of hydrogen-bond donors (Lipinski definition) is 2. The molecule has 110 valence electrons. The smallest absolute Gasteiger partial charge is 0.240 e. The lowest BCUT2D eigenvalue weighted by Gasteiger charge is -2.48. The predicted molar refractivity (Wildman–Crippen MR) is 87.1 cm³/mol. The number of sulfonamides is 1. The molecule has 1 unspecified atom stereocenters. The van der Waals surface area contributed by atoms with Gasteiger partial charge in [0, 0.05) is 15.2 Å². The summed E-state index contributed by atoms with van der Waals surface area (Å²) in [6.45, 7) is 0.903. The first-order valence-corrected chi connectivity index (χ1v) is 9.58. The Kier molecular flexibility index (Phi) is 4.09. The van der Waals surface area contributed by atoms with Crippen LogP contribution in [0.1, 0.15) is 32.1 Å². The van der Waals surface area contributed by atoms with Crippen LogP contribution < -0.4 is 10.0 Å². The Hall–Kier alpha value is -0.180. The van der Waals surface area contributed by atoms with E-state index in [0.717, 1.165) is 23.0 Å². The molecule has 0 radical (unpaired) electrons. The zero-order valence-corrected chi connectivity index (χ0v) is 14.2. The van der Waals surface area contributed by atoms with E-state index in [0.29, 0.717) is 4.90 Å². The van der Waals surface area contributed by atoms with Crippen molar-refractivity contribution < 1.29 is 8.42 Å². The van der Waals surface area contributed by atoms with Gasteiger partial charge in [0.25, 0.3) is 0 Å². The molecule has 2 aliphatic rings. The Morgan fingerprint density at radius 1 is 1.25 bits per heavy atom. The van der Waals surface area contributed by atoms with Gasteiger partial charge in [-0.15, -0.1) is 0 Å². The van der Waals surface area contributed by atoms with Crippen molar-refractivity contribution in [2.75, 3.05) is 6.54 Å². The number of rotatable bonds is 3. The Morgan fingerprint density at radius 3 is 2.55 bits per heavy atom. The molecule has 1 saturated heterocycles. The first-order valence-electron chi connectivity index (χ1n) is 7.02. The van der Waals surface area contributed by atoms with Gasteiger partial charge in [0.2, 0.25) is 10.0 Å². The van der Waals surface area contributed by atoms with E-state index in [1.807, 2.05) is 12.1 Å². The first-order chi connectivity index (χ1) is 9.49. The zero-order valence-electron chi connectivity index (χ0n) is 11.2. The monoisotopic (exact) mass is 406 g/mol. The van der Waals surface area contributed by atoms with E-state index in [2.05, 4.69) is 32.6 Å². The predicted octanol–water partition coefficient (Wildman–Crippen LogP) is 2.24. The second-order valence-electron chi connectivity index (χ2n) is 5.83. The van der Waals surface area contributed by atoms with E-state index >= 15 is 0 Å². The van der Waals surface area contributed by atoms with Crippen LogP contribution in [0.5, 0.6) is 0 Å². The molecule has 0 amide bonds. The van der Waals surface area contributed by atoms with E-state index in [4.69, 9.17) is 0 Å². The van der Waals surface area contributed by atoms with Crippen molar-refractivity contribution in [1.29, 1.82) is 0 Å². The maximum absolute atomic E-state index is 12.4. The summed E-state index contributed by atoms with van der Waals surface area (Å²) in [7, 11) is -3.39. The minimum atomic E-state index is -3.39. The van der Waals surface area contributed by atoms with Gasteiger partial charge >= 0.3 is 0 Å². The van der Waals surface area contributed by atoms with Crippen LogP contribution in [0.2, 0.25) is 0 Å². The van der Waals surface area contributed by atoms with E-state index in [-0.39, 0.29) is 11.6 Å². The number of piperidine rings is 1. The first kappa shape index (κ1) is 14.7. The van der Waals surface area contributed by atoms with Crippen molar-refractivity contribution >= 4 is 32.6 Å². The molecule has 1 aromatic rings. The molecule has 1 heterocycles. The van der Waals surface area contributed by atoms with E-state index in [1.54, 1.807) is 12.1 Å². The van der Waals surface area contributed by atoms with Crippen LogP contribution in [0.4, 0.5) is 0 Å². The quantitative estimate of drug-likeness (QED) is 0.758. The van der Waals surface area contributed by atoms with E-state index in [9.17, 15) is 8.42 Å². The van der Waals surface area contributed by atoms with Crippen LogP contribution in [0, 0.1) is 3.57 Å². The normalized spacial score (nSPS) is 25.4. The van der Waals surface area contributed by atoms with Crippen LogP contribution in [-0.2, 0) is 10.0 Å². The van der Waals surface area contributed by atoms with Gasteiger partial charge < -0.3 is 5.32 Å². The fourth-order valence-corrected chi connectivity index (χ4v) is 4.77. The molecule has 1 atom stereocenters. The highest BCUT2D eigenvalue weighted by Gasteiger charge is 2.41. The maximum Gasteiger partial charge on any atom is 0.240 e. The zero-order chi connectivity index (χ0) is 14.2. The molecule has 1 spiro atoms. The number of halogens is 1.